The van der Waals surface area contributed by atoms with Crippen LogP contribution in [0.3, 0.4) is 0 Å². The monoisotopic (exact) mass is 303 g/mol. The van der Waals surface area contributed by atoms with Gasteiger partial charge in [0, 0.05) is 5.69 Å². The second-order valence-electron chi connectivity index (χ2n) is 4.32. The summed E-state index contributed by atoms with van der Waals surface area (Å²) in [5.74, 6) is 0.193. The van der Waals surface area contributed by atoms with E-state index in [9.17, 15) is 4.39 Å². The SMILES string of the molecule is Fc1ccc(NCc2nnnn2-c2ccccc2)cc1Cl. The Hall–Kier alpha value is -2.47. The number of hydrogen-bond acceptors (Lipinski definition) is 4. The quantitative estimate of drug-likeness (QED) is 0.805. The van der Waals surface area contributed by atoms with E-state index < -0.39 is 5.82 Å². The average molecular weight is 304 g/mol. The van der Waals surface area contributed by atoms with Crippen LogP contribution >= 0.6 is 11.6 Å². The summed E-state index contributed by atoms with van der Waals surface area (Å²) in [6.07, 6.45) is 0. The molecular formula is C14H11ClFN5. The number of aromatic nitrogens is 4. The van der Waals surface area contributed by atoms with Crippen LogP contribution in [0, 0.1) is 5.82 Å². The van der Waals surface area contributed by atoms with Crippen molar-refractivity contribution in [1.29, 1.82) is 0 Å². The molecule has 1 aromatic heterocycles. The lowest BCUT2D eigenvalue weighted by Crippen LogP contribution is -2.08. The highest BCUT2D eigenvalue weighted by Gasteiger charge is 2.08. The first-order valence-corrected chi connectivity index (χ1v) is 6.63. The Morgan fingerprint density at radius 2 is 1.95 bits per heavy atom. The van der Waals surface area contributed by atoms with Crippen molar-refractivity contribution in [1.82, 2.24) is 20.2 Å². The third-order valence-electron chi connectivity index (χ3n) is 2.91. The molecule has 0 saturated heterocycles. The molecule has 0 unspecified atom stereocenters. The van der Waals surface area contributed by atoms with Crippen molar-refractivity contribution >= 4 is 17.3 Å². The lowest BCUT2D eigenvalue weighted by atomic mass is 10.3. The molecule has 2 aromatic carbocycles. The molecule has 0 aliphatic heterocycles. The predicted molar refractivity (Wildman–Crippen MR) is 77.9 cm³/mol. The van der Waals surface area contributed by atoms with Crippen LogP contribution in [0.25, 0.3) is 5.69 Å². The minimum absolute atomic E-state index is 0.0719. The Morgan fingerprint density at radius 3 is 2.71 bits per heavy atom. The lowest BCUT2D eigenvalue weighted by Gasteiger charge is -2.07. The van der Waals surface area contributed by atoms with E-state index in [0.717, 1.165) is 5.69 Å². The standard InChI is InChI=1S/C14H11ClFN5/c15-12-8-10(6-7-13(12)16)17-9-14-18-19-20-21(14)11-4-2-1-3-5-11/h1-8,17H,9H2. The van der Waals surface area contributed by atoms with Crippen molar-refractivity contribution in [3.05, 3.63) is 65.2 Å². The van der Waals surface area contributed by atoms with Crippen LogP contribution < -0.4 is 5.32 Å². The zero-order valence-electron chi connectivity index (χ0n) is 10.9. The summed E-state index contributed by atoms with van der Waals surface area (Å²) < 4.78 is 14.7. The van der Waals surface area contributed by atoms with Gasteiger partial charge in [0.25, 0.3) is 0 Å². The van der Waals surface area contributed by atoms with Crippen LogP contribution in [0.5, 0.6) is 0 Å². The number of halogens is 2. The fourth-order valence-electron chi connectivity index (χ4n) is 1.87. The summed E-state index contributed by atoms with van der Waals surface area (Å²) in [7, 11) is 0. The molecule has 1 N–H and O–H groups in total. The average Bonchev–Trinajstić information content (AvgIpc) is 2.98. The van der Waals surface area contributed by atoms with Gasteiger partial charge in [0.05, 0.1) is 17.3 Å². The van der Waals surface area contributed by atoms with Gasteiger partial charge in [-0.2, -0.15) is 4.68 Å². The number of hydrogen-bond donors (Lipinski definition) is 1. The molecule has 0 atom stereocenters. The van der Waals surface area contributed by atoms with Crippen LogP contribution in [-0.4, -0.2) is 20.2 Å². The Morgan fingerprint density at radius 1 is 1.14 bits per heavy atom. The van der Waals surface area contributed by atoms with Crippen LogP contribution in [0.1, 0.15) is 5.82 Å². The first kappa shape index (κ1) is 13.5. The van der Waals surface area contributed by atoms with Crippen LogP contribution in [0.2, 0.25) is 5.02 Å². The van der Waals surface area contributed by atoms with Crippen LogP contribution in [0.15, 0.2) is 48.5 Å². The van der Waals surface area contributed by atoms with Gasteiger partial charge in [-0.25, -0.2) is 4.39 Å². The van der Waals surface area contributed by atoms with Gasteiger partial charge in [0.15, 0.2) is 5.82 Å². The second kappa shape index (κ2) is 5.88. The molecule has 0 radical (unpaired) electrons. The van der Waals surface area contributed by atoms with Crippen molar-refractivity contribution in [2.45, 2.75) is 6.54 Å². The molecule has 3 aromatic rings. The minimum atomic E-state index is -0.448. The normalized spacial score (nSPS) is 10.6. The maximum absolute atomic E-state index is 13.1. The number of tetrazole rings is 1. The van der Waals surface area contributed by atoms with E-state index in [0.29, 0.717) is 18.1 Å². The van der Waals surface area contributed by atoms with Gasteiger partial charge in [0.2, 0.25) is 0 Å². The van der Waals surface area contributed by atoms with Crippen molar-refractivity contribution in [3.8, 4) is 5.69 Å². The van der Waals surface area contributed by atoms with Gasteiger partial charge in [0.1, 0.15) is 5.82 Å². The first-order valence-electron chi connectivity index (χ1n) is 6.25. The largest absolute Gasteiger partial charge is 0.378 e. The van der Waals surface area contributed by atoms with Crippen molar-refractivity contribution in [3.63, 3.8) is 0 Å². The number of rotatable bonds is 4. The maximum atomic E-state index is 13.1. The van der Waals surface area contributed by atoms with Gasteiger partial charge < -0.3 is 5.32 Å². The highest BCUT2D eigenvalue weighted by molar-refractivity contribution is 6.31. The zero-order chi connectivity index (χ0) is 14.7. The molecular weight excluding hydrogens is 293 g/mol. The second-order valence-corrected chi connectivity index (χ2v) is 4.73. The number of benzene rings is 2. The molecule has 5 nitrogen and oxygen atoms in total. The highest BCUT2D eigenvalue weighted by atomic mass is 35.5. The third kappa shape index (κ3) is 3.00. The van der Waals surface area contributed by atoms with Crippen molar-refractivity contribution in [2.75, 3.05) is 5.32 Å². The molecule has 0 saturated carbocycles. The molecule has 0 spiro atoms. The summed E-state index contributed by atoms with van der Waals surface area (Å²) in [6.45, 7) is 0.393. The lowest BCUT2D eigenvalue weighted by molar-refractivity contribution is 0.628. The molecule has 106 valence electrons. The smallest absolute Gasteiger partial charge is 0.175 e. The fourth-order valence-corrected chi connectivity index (χ4v) is 2.05. The van der Waals surface area contributed by atoms with E-state index in [-0.39, 0.29) is 5.02 Å². The molecule has 0 aliphatic carbocycles. The van der Waals surface area contributed by atoms with E-state index in [1.54, 1.807) is 10.7 Å². The topological polar surface area (TPSA) is 55.6 Å². The van der Waals surface area contributed by atoms with E-state index >= 15 is 0 Å². The molecule has 0 amide bonds. The first-order chi connectivity index (χ1) is 10.2. The van der Waals surface area contributed by atoms with Crippen LogP contribution in [0.4, 0.5) is 10.1 Å². The zero-order valence-corrected chi connectivity index (χ0v) is 11.6. The van der Waals surface area contributed by atoms with E-state index in [4.69, 9.17) is 11.6 Å². The van der Waals surface area contributed by atoms with Gasteiger partial charge >= 0.3 is 0 Å². The molecule has 7 heteroatoms. The highest BCUT2D eigenvalue weighted by Crippen LogP contribution is 2.19. The van der Waals surface area contributed by atoms with E-state index in [2.05, 4.69) is 20.8 Å². The number of nitrogens with one attached hydrogen (secondary N) is 1. The maximum Gasteiger partial charge on any atom is 0.175 e. The third-order valence-corrected chi connectivity index (χ3v) is 3.19. The molecule has 0 aliphatic rings. The van der Waals surface area contributed by atoms with Gasteiger partial charge in [-0.1, -0.05) is 29.8 Å². The summed E-state index contributed by atoms with van der Waals surface area (Å²) in [5, 5.41) is 14.8. The van der Waals surface area contributed by atoms with Gasteiger partial charge in [-0.15, -0.1) is 5.10 Å². The van der Waals surface area contributed by atoms with Crippen LogP contribution in [-0.2, 0) is 6.54 Å². The van der Waals surface area contributed by atoms with Gasteiger partial charge in [-0.05, 0) is 40.8 Å². The summed E-state index contributed by atoms with van der Waals surface area (Å²) >= 11 is 5.74. The number of para-hydroxylation sites is 1. The number of nitrogens with zero attached hydrogens (tertiary/aromatic N) is 4. The Kier molecular flexibility index (Phi) is 3.79. The summed E-state index contributed by atoms with van der Waals surface area (Å²) in [6, 6.07) is 14.0. The Balaban J connectivity index is 1.77. The minimum Gasteiger partial charge on any atom is -0.378 e. The molecule has 0 fully saturated rings. The van der Waals surface area contributed by atoms with Gasteiger partial charge in [-0.3, -0.25) is 0 Å². The summed E-state index contributed by atoms with van der Waals surface area (Å²) in [4.78, 5) is 0. The Bertz CT molecular complexity index is 744. The Labute approximate surface area is 125 Å². The number of anilines is 1. The molecule has 21 heavy (non-hydrogen) atoms. The molecule has 0 bridgehead atoms. The van der Waals surface area contributed by atoms with Crippen molar-refractivity contribution in [2.24, 2.45) is 0 Å². The molecule has 3 rings (SSSR count). The van der Waals surface area contributed by atoms with E-state index in [1.807, 2.05) is 30.3 Å². The predicted octanol–water partition coefficient (Wildman–Crippen LogP) is 3.07. The summed E-state index contributed by atoms with van der Waals surface area (Å²) in [5.41, 5.74) is 1.57. The fraction of sp³-hybridized carbons (Fsp3) is 0.0714. The van der Waals surface area contributed by atoms with Crippen molar-refractivity contribution < 1.29 is 4.39 Å². The van der Waals surface area contributed by atoms with E-state index in [1.165, 1.54) is 12.1 Å². The molecule has 1 heterocycles.